The van der Waals surface area contributed by atoms with Gasteiger partial charge in [0.05, 0.1) is 0 Å². The molecule has 1 spiro atoms. The van der Waals surface area contributed by atoms with Crippen molar-refractivity contribution in [2.45, 2.75) is 131 Å². The summed E-state index contributed by atoms with van der Waals surface area (Å²) in [6.07, 6.45) is 0. The maximum absolute atomic E-state index is 8.11. The van der Waals surface area contributed by atoms with E-state index in [2.05, 4.69) is 199 Å². The summed E-state index contributed by atoms with van der Waals surface area (Å²) in [4.78, 5) is 4.83. The average Bonchev–Trinajstić information content (AvgIpc) is 3.57. The Morgan fingerprint density at radius 3 is 0.955 bits per heavy atom. The van der Waals surface area contributed by atoms with Crippen LogP contribution < -0.4 is 31.1 Å². The normalized spacial score (nSPS) is 17.0. The van der Waals surface area contributed by atoms with Crippen LogP contribution in [0.4, 0.5) is 34.1 Å². The average molecular weight is 1070 g/mol. The predicted octanol–water partition coefficient (Wildman–Crippen LogP) is 16.3. The first-order valence-corrected chi connectivity index (χ1v) is 30.2. The minimum absolute atomic E-state index is 0.0531. The van der Waals surface area contributed by atoms with E-state index in [0.717, 1.165) is 61.3 Å². The molecular formula is C56H59Cl4N2O3Sb. The number of fused-ring (bicyclic) bond motifs is 1. The molecule has 6 aromatic rings. The zero-order valence-corrected chi connectivity index (χ0v) is 46.2. The summed E-state index contributed by atoms with van der Waals surface area (Å²) < 4.78 is 26.4. The molecule has 344 valence electrons. The molecule has 0 saturated carbocycles. The molecule has 0 unspecified atom stereocenters. The van der Waals surface area contributed by atoms with Crippen LogP contribution in [-0.2, 0) is 27.1 Å². The van der Waals surface area contributed by atoms with Crippen LogP contribution in [0.15, 0.2) is 84.9 Å². The molecule has 0 amide bonds. The van der Waals surface area contributed by atoms with Crippen molar-refractivity contribution < 1.29 is 10.8 Å². The second-order valence-electron chi connectivity index (χ2n) is 23.7. The second-order valence-corrected chi connectivity index (χ2v) is 35.6. The Labute approximate surface area is 413 Å². The summed E-state index contributed by atoms with van der Waals surface area (Å²) >= 11 is 22.4. The third-order valence-corrected chi connectivity index (χ3v) is 29.5. The molecule has 66 heavy (non-hydrogen) atoms. The van der Waals surface area contributed by atoms with Crippen LogP contribution in [0.2, 0.25) is 20.1 Å². The number of hydrogen-bond donors (Lipinski definition) is 0. The van der Waals surface area contributed by atoms with Gasteiger partial charge in [0.25, 0.3) is 0 Å². The van der Waals surface area contributed by atoms with E-state index in [0.29, 0.717) is 11.5 Å². The van der Waals surface area contributed by atoms with Crippen molar-refractivity contribution in [3.8, 4) is 23.0 Å². The number of ether oxygens (including phenoxy) is 1. The third kappa shape index (κ3) is 6.38. The molecule has 0 fully saturated rings. The van der Waals surface area contributed by atoms with Gasteiger partial charge in [-0.25, -0.2) is 0 Å². The number of anilines is 6. The Morgan fingerprint density at radius 1 is 0.364 bits per heavy atom. The molecule has 0 radical (unpaired) electrons. The fourth-order valence-electron chi connectivity index (χ4n) is 10.0. The van der Waals surface area contributed by atoms with E-state index in [1.165, 1.54) is 11.1 Å². The molecular weight excluding hydrogens is 1010 g/mol. The second kappa shape index (κ2) is 14.2. The SMILES string of the molecule is CC(C)(C)c1ccc(N2c3cc(C(C)(C)C)cc4[c]3[Sb]35([O]c6c(Cl)c(Cl)c(Cl)c(Cl)c6[O]3)[c]3c(cc(C(C)(C)C)cc3N(c3ccc(C(C)(C)C)cc3)c3cc(C(C)(C)C)cc2[c]35)O4)cc1. The van der Waals surface area contributed by atoms with Crippen molar-refractivity contribution in [2.75, 3.05) is 9.80 Å². The Balaban J connectivity index is 1.47. The Hall–Kier alpha value is -3.70. The molecule has 10 rings (SSSR count). The number of benzene rings is 6. The van der Waals surface area contributed by atoms with Gasteiger partial charge in [0.2, 0.25) is 0 Å². The number of nitrogens with zero attached hydrogens (tertiary/aromatic N) is 2. The fourth-order valence-corrected chi connectivity index (χ4v) is 27.4. The quantitative estimate of drug-likeness (QED) is 0.0979. The van der Waals surface area contributed by atoms with Gasteiger partial charge in [0, 0.05) is 0 Å². The minimum atomic E-state index is -6.26. The molecule has 0 N–H and O–H groups in total. The van der Waals surface area contributed by atoms with Crippen molar-refractivity contribution in [3.05, 3.63) is 133 Å². The predicted molar refractivity (Wildman–Crippen MR) is 282 cm³/mol. The van der Waals surface area contributed by atoms with Gasteiger partial charge in [-0.1, -0.05) is 0 Å². The van der Waals surface area contributed by atoms with E-state index >= 15 is 0 Å². The molecule has 4 aliphatic heterocycles. The van der Waals surface area contributed by atoms with Crippen LogP contribution in [0.3, 0.4) is 0 Å². The van der Waals surface area contributed by atoms with Crippen molar-refractivity contribution in [1.29, 1.82) is 0 Å². The van der Waals surface area contributed by atoms with E-state index in [1.54, 1.807) is 0 Å². The number of hydrogen-bond acceptors (Lipinski definition) is 5. The molecule has 0 bridgehead atoms. The van der Waals surface area contributed by atoms with E-state index in [-0.39, 0.29) is 58.7 Å². The van der Waals surface area contributed by atoms with Crippen LogP contribution in [0, 0.1) is 0 Å². The first kappa shape index (κ1) is 46.0. The van der Waals surface area contributed by atoms with E-state index in [1.807, 2.05) is 0 Å². The van der Waals surface area contributed by atoms with Crippen molar-refractivity contribution >= 4 is 109 Å². The van der Waals surface area contributed by atoms with Gasteiger partial charge in [0.1, 0.15) is 0 Å². The molecule has 0 aliphatic carbocycles. The van der Waals surface area contributed by atoms with Gasteiger partial charge in [-0.2, -0.15) is 0 Å². The summed E-state index contributed by atoms with van der Waals surface area (Å²) in [5, 5.41) is 0.532. The van der Waals surface area contributed by atoms with Crippen LogP contribution >= 0.6 is 46.4 Å². The summed E-state index contributed by atoms with van der Waals surface area (Å²) in [6.45, 7) is 33.8. The first-order valence-electron chi connectivity index (χ1n) is 22.8. The third-order valence-electron chi connectivity index (χ3n) is 13.9. The van der Waals surface area contributed by atoms with Gasteiger partial charge < -0.3 is 0 Å². The first-order chi connectivity index (χ1) is 30.5. The molecule has 5 nitrogen and oxygen atoms in total. The number of halogens is 4. The van der Waals surface area contributed by atoms with Gasteiger partial charge in [-0.3, -0.25) is 0 Å². The molecule has 0 saturated heterocycles. The van der Waals surface area contributed by atoms with Gasteiger partial charge in [-0.15, -0.1) is 0 Å². The Bertz CT molecular complexity index is 2890. The molecule has 0 aromatic heterocycles. The Morgan fingerprint density at radius 2 is 0.652 bits per heavy atom. The van der Waals surface area contributed by atoms with Crippen LogP contribution in [0.1, 0.15) is 132 Å². The molecule has 6 aromatic carbocycles. The fraction of sp³-hybridized carbons (Fsp3) is 0.357. The van der Waals surface area contributed by atoms with Crippen LogP contribution in [0.5, 0.6) is 23.0 Å². The van der Waals surface area contributed by atoms with Crippen molar-refractivity contribution in [1.82, 2.24) is 0 Å². The maximum atomic E-state index is 8.11. The van der Waals surface area contributed by atoms with Gasteiger partial charge in [0.15, 0.2) is 0 Å². The summed E-state index contributed by atoms with van der Waals surface area (Å²) in [5.74, 6) is 1.93. The zero-order chi connectivity index (χ0) is 47.8. The zero-order valence-electron chi connectivity index (χ0n) is 40.7. The van der Waals surface area contributed by atoms with Crippen LogP contribution in [-0.4, -0.2) is 18.2 Å². The molecule has 4 heterocycles. The molecule has 4 aliphatic rings. The van der Waals surface area contributed by atoms with Gasteiger partial charge >= 0.3 is 417 Å². The van der Waals surface area contributed by atoms with Crippen molar-refractivity contribution in [2.24, 2.45) is 0 Å². The number of rotatable bonds is 2. The van der Waals surface area contributed by atoms with E-state index < -0.39 is 18.2 Å². The Kier molecular flexibility index (Phi) is 9.90. The van der Waals surface area contributed by atoms with E-state index in [9.17, 15) is 0 Å². The van der Waals surface area contributed by atoms with Gasteiger partial charge in [-0.05, 0) is 0 Å². The summed E-state index contributed by atoms with van der Waals surface area (Å²) in [5.41, 5.74) is 10.6. The van der Waals surface area contributed by atoms with Crippen molar-refractivity contribution in [3.63, 3.8) is 0 Å². The monoisotopic (exact) mass is 1070 g/mol. The molecule has 10 heteroatoms. The topological polar surface area (TPSA) is 34.2 Å². The van der Waals surface area contributed by atoms with Crippen LogP contribution in [0.25, 0.3) is 0 Å². The standard InChI is InChI=1S/C50H59N2O.C6H2Cl4O2.Sb/c1-46(2,3)33-16-20-38(21-17-33)51-40-24-35(48(7,8)9)25-41(30-40)52(39-22-18-34(19-23-39)47(4,5)6)43-27-37(50(13,14)15)29-45(32-43)53-44-28-36(49(10,11)12)26-42(51)31-44;7-1-2(8)4(10)6(12)5(11)3(1)9;/h16-29H,1-15H3;11-12H;/q;;+2/p-2. The summed E-state index contributed by atoms with van der Waals surface area (Å²) in [7, 11) is 0. The van der Waals surface area contributed by atoms with E-state index in [4.69, 9.17) is 57.2 Å². The summed E-state index contributed by atoms with van der Waals surface area (Å²) in [6, 6.07) is 31.7. The molecule has 0 atom stereocenters.